The van der Waals surface area contributed by atoms with Crippen LogP contribution >= 0.6 is 0 Å². The zero-order chi connectivity index (χ0) is 16.2. The van der Waals surface area contributed by atoms with Gasteiger partial charge >= 0.3 is 5.97 Å². The van der Waals surface area contributed by atoms with Crippen LogP contribution < -0.4 is 10.1 Å². The summed E-state index contributed by atoms with van der Waals surface area (Å²) < 4.78 is 10.9. The van der Waals surface area contributed by atoms with Crippen LogP contribution in [0.1, 0.15) is 18.9 Å². The maximum Gasteiger partial charge on any atom is 0.328 e. The first-order valence-electron chi connectivity index (χ1n) is 7.39. The Balaban J connectivity index is 1.69. The number of nitrogens with one attached hydrogen (secondary N) is 1. The van der Waals surface area contributed by atoms with E-state index >= 15 is 0 Å². The zero-order valence-corrected chi connectivity index (χ0v) is 12.7. The molecule has 2 aromatic rings. The topological polar surface area (TPSA) is 71.3 Å². The first kappa shape index (κ1) is 14.9. The second-order valence-electron chi connectivity index (χ2n) is 5.45. The molecule has 1 saturated heterocycles. The van der Waals surface area contributed by atoms with E-state index in [2.05, 4.69) is 11.4 Å². The maximum atomic E-state index is 11.7. The van der Waals surface area contributed by atoms with Gasteiger partial charge in [-0.05, 0) is 43.3 Å². The molecule has 0 aliphatic carbocycles. The Morgan fingerprint density at radius 3 is 2.65 bits per heavy atom. The number of carbonyl (C=O) groups is 1. The number of carbonyl (C=O) groups excluding carboxylic acids is 1. The van der Waals surface area contributed by atoms with Crippen molar-refractivity contribution in [2.75, 3.05) is 5.32 Å². The number of cyclic esters (lactones) is 1. The van der Waals surface area contributed by atoms with Gasteiger partial charge in [-0.3, -0.25) is 0 Å². The molecule has 5 heteroatoms. The molecule has 3 rings (SSSR count). The van der Waals surface area contributed by atoms with E-state index in [0.29, 0.717) is 23.5 Å². The predicted octanol–water partition coefficient (Wildman–Crippen LogP) is 3.47. The van der Waals surface area contributed by atoms with Gasteiger partial charge in [0.15, 0.2) is 0 Å². The first-order valence-corrected chi connectivity index (χ1v) is 7.39. The van der Waals surface area contributed by atoms with E-state index in [1.807, 2.05) is 31.2 Å². The highest BCUT2D eigenvalue weighted by molar-refractivity contribution is 5.81. The number of hydrogen-bond acceptors (Lipinski definition) is 5. The highest BCUT2D eigenvalue weighted by Gasteiger charge is 2.31. The average molecular weight is 308 g/mol. The van der Waals surface area contributed by atoms with Crippen molar-refractivity contribution < 1.29 is 14.3 Å². The highest BCUT2D eigenvalue weighted by atomic mass is 16.6. The van der Waals surface area contributed by atoms with Gasteiger partial charge in [-0.1, -0.05) is 6.07 Å². The van der Waals surface area contributed by atoms with Crippen LogP contribution in [0.5, 0.6) is 11.5 Å². The van der Waals surface area contributed by atoms with Crippen molar-refractivity contribution in [3.63, 3.8) is 0 Å². The minimum Gasteiger partial charge on any atom is -0.461 e. The predicted molar refractivity (Wildman–Crippen MR) is 85.3 cm³/mol. The number of rotatable bonds is 4. The minimum absolute atomic E-state index is 0.0573. The van der Waals surface area contributed by atoms with E-state index in [1.165, 1.54) is 0 Å². The van der Waals surface area contributed by atoms with Gasteiger partial charge in [-0.15, -0.1) is 0 Å². The normalized spacial score (nSPS) is 19.7. The Bertz CT molecular complexity index is 750. The van der Waals surface area contributed by atoms with Crippen LogP contribution in [0.15, 0.2) is 48.5 Å². The largest absolute Gasteiger partial charge is 0.461 e. The van der Waals surface area contributed by atoms with E-state index in [0.717, 1.165) is 5.69 Å². The number of esters is 1. The minimum atomic E-state index is -0.324. The molecule has 0 amide bonds. The number of benzene rings is 2. The number of nitriles is 1. The molecule has 1 N–H and O–H groups in total. The van der Waals surface area contributed by atoms with Crippen LogP contribution in [0.4, 0.5) is 5.69 Å². The van der Waals surface area contributed by atoms with Crippen LogP contribution in [0.25, 0.3) is 0 Å². The molecule has 1 fully saturated rings. The summed E-state index contributed by atoms with van der Waals surface area (Å²) in [5.74, 6) is 1.07. The van der Waals surface area contributed by atoms with Crippen molar-refractivity contribution in [3.05, 3.63) is 54.1 Å². The average Bonchev–Trinajstić information content (AvgIpc) is 2.86. The van der Waals surface area contributed by atoms with Gasteiger partial charge in [0, 0.05) is 18.2 Å². The van der Waals surface area contributed by atoms with Crippen LogP contribution in [0, 0.1) is 11.3 Å². The van der Waals surface area contributed by atoms with E-state index in [4.69, 9.17) is 14.7 Å². The van der Waals surface area contributed by atoms with Crippen LogP contribution in [-0.4, -0.2) is 18.1 Å². The Kier molecular flexibility index (Phi) is 4.15. The van der Waals surface area contributed by atoms with Crippen molar-refractivity contribution in [1.29, 1.82) is 5.26 Å². The van der Waals surface area contributed by atoms with Gasteiger partial charge in [-0.25, -0.2) is 4.79 Å². The second-order valence-corrected chi connectivity index (χ2v) is 5.45. The third-order valence-corrected chi connectivity index (χ3v) is 3.56. The summed E-state index contributed by atoms with van der Waals surface area (Å²) in [6.45, 7) is 1.88. The molecule has 2 aromatic carbocycles. The molecule has 1 heterocycles. The quantitative estimate of drug-likeness (QED) is 0.876. The molecule has 0 bridgehead atoms. The molecule has 5 nitrogen and oxygen atoms in total. The van der Waals surface area contributed by atoms with E-state index in [9.17, 15) is 4.79 Å². The summed E-state index contributed by atoms with van der Waals surface area (Å²) in [6, 6.07) is 16.0. The Labute approximate surface area is 134 Å². The Morgan fingerprint density at radius 1 is 1.22 bits per heavy atom. The monoisotopic (exact) mass is 308 g/mol. The maximum absolute atomic E-state index is 11.7. The van der Waals surface area contributed by atoms with Crippen molar-refractivity contribution in [2.24, 2.45) is 0 Å². The number of hydrogen-bond donors (Lipinski definition) is 1. The van der Waals surface area contributed by atoms with Crippen molar-refractivity contribution in [3.8, 4) is 17.6 Å². The van der Waals surface area contributed by atoms with Gasteiger partial charge in [0.05, 0.1) is 11.6 Å². The second kappa shape index (κ2) is 6.41. The van der Waals surface area contributed by atoms with Crippen LogP contribution in [-0.2, 0) is 9.53 Å². The smallest absolute Gasteiger partial charge is 0.328 e. The molecule has 0 unspecified atom stereocenters. The first-order chi connectivity index (χ1) is 11.1. The molecule has 2 atom stereocenters. The summed E-state index contributed by atoms with van der Waals surface area (Å²) >= 11 is 0. The molecule has 0 aromatic heterocycles. The van der Waals surface area contributed by atoms with Gasteiger partial charge in [0.25, 0.3) is 0 Å². The fourth-order valence-electron chi connectivity index (χ4n) is 2.46. The van der Waals surface area contributed by atoms with Crippen molar-refractivity contribution >= 4 is 11.7 Å². The number of nitrogens with zero attached hydrogens (tertiary/aromatic N) is 1. The van der Waals surface area contributed by atoms with Gasteiger partial charge in [0.1, 0.15) is 23.6 Å². The summed E-state index contributed by atoms with van der Waals surface area (Å²) in [5.41, 5.74) is 1.38. The lowest BCUT2D eigenvalue weighted by molar-refractivity contribution is -0.141. The third-order valence-electron chi connectivity index (χ3n) is 3.56. The highest BCUT2D eigenvalue weighted by Crippen LogP contribution is 2.26. The molecular formula is C18H16N2O3. The molecule has 0 saturated carbocycles. The molecule has 0 spiro atoms. The van der Waals surface area contributed by atoms with Crippen LogP contribution in [0.3, 0.4) is 0 Å². The fraction of sp³-hybridized carbons (Fsp3) is 0.222. The summed E-state index contributed by atoms with van der Waals surface area (Å²) in [6.07, 6.45) is 0.595. The standard InChI is InChI=1S/C18H16N2O3/c1-12-9-17(18(21)22-12)20-14-3-2-4-16(10-14)23-15-7-5-13(11-19)6-8-15/h2-8,10,12,17,20H,9H2,1H3/t12-,17-/m0/s1. The Morgan fingerprint density at radius 2 is 2.00 bits per heavy atom. The number of ether oxygens (including phenoxy) is 2. The van der Waals surface area contributed by atoms with Gasteiger partial charge < -0.3 is 14.8 Å². The third kappa shape index (κ3) is 3.61. The van der Waals surface area contributed by atoms with E-state index < -0.39 is 0 Å². The van der Waals surface area contributed by atoms with Crippen molar-refractivity contribution in [1.82, 2.24) is 0 Å². The Hall–Kier alpha value is -3.00. The number of anilines is 1. The molecule has 23 heavy (non-hydrogen) atoms. The molecule has 116 valence electrons. The lowest BCUT2D eigenvalue weighted by Crippen LogP contribution is -2.24. The van der Waals surface area contributed by atoms with E-state index in [-0.39, 0.29) is 18.1 Å². The summed E-state index contributed by atoms with van der Waals surface area (Å²) in [7, 11) is 0. The van der Waals surface area contributed by atoms with Crippen molar-refractivity contribution in [2.45, 2.75) is 25.5 Å². The van der Waals surface area contributed by atoms with E-state index in [1.54, 1.807) is 24.3 Å². The summed E-state index contributed by atoms with van der Waals surface area (Å²) in [5, 5.41) is 12.0. The zero-order valence-electron chi connectivity index (χ0n) is 12.7. The molecular weight excluding hydrogens is 292 g/mol. The molecule has 0 radical (unpaired) electrons. The van der Waals surface area contributed by atoms with Gasteiger partial charge in [0.2, 0.25) is 0 Å². The van der Waals surface area contributed by atoms with Crippen LogP contribution in [0.2, 0.25) is 0 Å². The lowest BCUT2D eigenvalue weighted by atomic mass is 10.1. The van der Waals surface area contributed by atoms with Gasteiger partial charge in [-0.2, -0.15) is 5.26 Å². The molecule has 1 aliphatic heterocycles. The lowest BCUT2D eigenvalue weighted by Gasteiger charge is -2.12. The summed E-state index contributed by atoms with van der Waals surface area (Å²) in [4.78, 5) is 11.7. The SMILES string of the molecule is C[C@H]1C[C@H](Nc2cccc(Oc3ccc(C#N)cc3)c2)C(=O)O1. The molecule has 1 aliphatic rings. The fourth-order valence-corrected chi connectivity index (χ4v) is 2.46.